The molecule has 0 aliphatic carbocycles. The van der Waals surface area contributed by atoms with E-state index in [-0.39, 0.29) is 51.3 Å². The van der Waals surface area contributed by atoms with E-state index in [2.05, 4.69) is 16.2 Å². The van der Waals surface area contributed by atoms with Gasteiger partial charge in [-0.2, -0.15) is 0 Å². The Bertz CT molecular complexity index is 1700. The number of hydrazine groups is 1. The molecule has 18 nitrogen and oxygen atoms in total. The van der Waals surface area contributed by atoms with Crippen molar-refractivity contribution in [1.82, 2.24) is 30.9 Å². The van der Waals surface area contributed by atoms with Crippen LogP contribution in [0.3, 0.4) is 0 Å². The summed E-state index contributed by atoms with van der Waals surface area (Å²) in [5.41, 5.74) is 12.4. The number of hydrogen-bond donors (Lipinski definition) is 8. The smallest absolute Gasteiger partial charge is 0.317 e. The summed E-state index contributed by atoms with van der Waals surface area (Å²) in [4.78, 5) is 86.8. The van der Waals surface area contributed by atoms with E-state index in [4.69, 9.17) is 26.2 Å². The molecule has 0 spiro atoms. The van der Waals surface area contributed by atoms with Crippen LogP contribution in [-0.2, 0) is 41.7 Å². The molecule has 0 aliphatic heterocycles. The molecule has 0 fully saturated rings. The van der Waals surface area contributed by atoms with E-state index in [9.17, 15) is 33.6 Å². The molecule has 0 saturated carbocycles. The minimum Gasteiger partial charge on any atom is -0.480 e. The lowest BCUT2D eigenvalue weighted by Crippen LogP contribution is -2.50. The number of nitrogens with two attached hydrogens (primary N) is 1. The molecule has 3 rings (SSSR count). The molecule has 284 valence electrons. The Balaban J connectivity index is 1.52. The van der Waals surface area contributed by atoms with Gasteiger partial charge in [-0.25, -0.2) is 0 Å². The second-order valence-corrected chi connectivity index (χ2v) is 12.2. The highest BCUT2D eigenvalue weighted by Crippen LogP contribution is 2.16. The molecule has 0 unspecified atom stereocenters. The van der Waals surface area contributed by atoms with Crippen molar-refractivity contribution >= 4 is 52.4 Å². The zero-order valence-corrected chi connectivity index (χ0v) is 28.8. The third-order valence-electron chi connectivity index (χ3n) is 7.88. The van der Waals surface area contributed by atoms with Gasteiger partial charge in [-0.05, 0) is 40.5 Å². The highest BCUT2D eigenvalue weighted by molar-refractivity contribution is 5.96. The van der Waals surface area contributed by atoms with Crippen LogP contribution < -0.4 is 21.9 Å². The van der Waals surface area contributed by atoms with Crippen LogP contribution in [-0.4, -0.2) is 142 Å². The lowest BCUT2D eigenvalue weighted by molar-refractivity contribution is -0.143. The van der Waals surface area contributed by atoms with Crippen LogP contribution in [0.5, 0.6) is 0 Å². The van der Waals surface area contributed by atoms with Crippen molar-refractivity contribution in [2.24, 2.45) is 5.73 Å². The lowest BCUT2D eigenvalue weighted by atomic mass is 10.0. The predicted octanol–water partition coefficient (Wildman–Crippen LogP) is -0.969. The fourth-order valence-corrected chi connectivity index (χ4v) is 5.26. The second-order valence-electron chi connectivity index (χ2n) is 12.2. The Morgan fingerprint density at radius 1 is 0.585 bits per heavy atom. The first kappa shape index (κ1) is 41.5. The van der Waals surface area contributed by atoms with Gasteiger partial charge in [0.05, 0.1) is 38.8 Å². The number of nitrogens with zero attached hydrogens (tertiary/aromatic N) is 3. The monoisotopic (exact) mass is 737 g/mol. The summed E-state index contributed by atoms with van der Waals surface area (Å²) in [5.74, 6) is -6.68. The van der Waals surface area contributed by atoms with Crippen molar-refractivity contribution in [3.63, 3.8) is 0 Å². The Morgan fingerprint density at radius 3 is 1.60 bits per heavy atom. The van der Waals surface area contributed by atoms with E-state index in [0.717, 1.165) is 26.1 Å². The number of hydrogen-bond acceptors (Lipinski definition) is 11. The van der Waals surface area contributed by atoms with Crippen molar-refractivity contribution in [2.75, 3.05) is 58.9 Å². The average Bonchev–Trinajstić information content (AvgIpc) is 3.09. The number of carboxylic acids is 4. The van der Waals surface area contributed by atoms with Gasteiger partial charge in [0, 0.05) is 38.3 Å². The first-order valence-corrected chi connectivity index (χ1v) is 16.4. The van der Waals surface area contributed by atoms with Crippen LogP contribution in [0.25, 0.3) is 10.8 Å². The van der Waals surface area contributed by atoms with Gasteiger partial charge in [0.25, 0.3) is 11.8 Å². The minimum atomic E-state index is -1.25. The summed E-state index contributed by atoms with van der Waals surface area (Å²) in [5, 5.41) is 41.4. The van der Waals surface area contributed by atoms with Crippen LogP contribution in [0.2, 0.25) is 0 Å². The number of carboxylic acid groups (broad SMARTS) is 4. The SMILES string of the molecule is N[C@H](Cc1ccc2ccccc2c1)C(=O)NNC(=O)c1ccc(CNC(=O)CN(CCN(CC(=O)O)CC(=O)O)CCN(CC(=O)O)CC(=O)O)cc1. The van der Waals surface area contributed by atoms with Crippen LogP contribution >= 0.6 is 0 Å². The molecule has 0 heterocycles. The van der Waals surface area contributed by atoms with E-state index < -0.39 is 73.8 Å². The number of carbonyl (C=O) groups is 7. The van der Waals surface area contributed by atoms with Crippen molar-refractivity contribution in [1.29, 1.82) is 0 Å². The highest BCUT2D eigenvalue weighted by Gasteiger charge is 2.20. The standard InChI is InChI=1S/C35H43N7O11/c36-28(16-24-7-8-25-3-1-2-4-27(25)15-24)35(53)39-38-34(52)26-9-5-23(6-10-26)17-37-29(43)18-40(11-13-41(19-30(44)45)20-31(46)47)12-14-42(21-32(48)49)22-33(50)51/h1-10,15,28H,11-14,16-22,36H2,(H,37,43)(H,38,52)(H,39,53)(H,44,45)(H,46,47)(H,48,49)(H,50,51)/t28-/m1/s1. The molecular formula is C35H43N7O11. The molecule has 3 aromatic carbocycles. The number of rotatable bonds is 22. The van der Waals surface area contributed by atoms with Gasteiger partial charge < -0.3 is 31.5 Å². The Labute approximate surface area is 304 Å². The Morgan fingerprint density at radius 2 is 1.08 bits per heavy atom. The topological polar surface area (TPSA) is 272 Å². The highest BCUT2D eigenvalue weighted by atomic mass is 16.4. The maximum absolute atomic E-state index is 12.9. The number of carbonyl (C=O) groups excluding carboxylic acids is 3. The fraction of sp³-hybridized carbons (Fsp3) is 0.343. The molecule has 3 aromatic rings. The normalized spacial score (nSPS) is 11.7. The number of aliphatic carboxylic acids is 4. The number of nitrogens with one attached hydrogen (secondary N) is 3. The van der Waals surface area contributed by atoms with Crippen LogP contribution in [0.1, 0.15) is 21.5 Å². The summed E-state index contributed by atoms with van der Waals surface area (Å²) in [6.07, 6.45) is 0.256. The van der Waals surface area contributed by atoms with Gasteiger partial charge in [0.15, 0.2) is 0 Å². The summed E-state index contributed by atoms with van der Waals surface area (Å²) in [6, 6.07) is 18.8. The maximum Gasteiger partial charge on any atom is 0.317 e. The lowest BCUT2D eigenvalue weighted by Gasteiger charge is -2.28. The largest absolute Gasteiger partial charge is 0.480 e. The fourth-order valence-electron chi connectivity index (χ4n) is 5.26. The van der Waals surface area contributed by atoms with Crippen LogP contribution in [0, 0.1) is 0 Å². The van der Waals surface area contributed by atoms with E-state index in [1.54, 1.807) is 12.1 Å². The molecular weight excluding hydrogens is 694 g/mol. The van der Waals surface area contributed by atoms with Gasteiger partial charge in [0.1, 0.15) is 0 Å². The Kier molecular flexibility index (Phi) is 16.3. The van der Waals surface area contributed by atoms with E-state index in [1.165, 1.54) is 17.0 Å². The van der Waals surface area contributed by atoms with E-state index in [0.29, 0.717) is 5.56 Å². The van der Waals surface area contributed by atoms with Crippen LogP contribution in [0.4, 0.5) is 0 Å². The molecule has 3 amide bonds. The quantitative estimate of drug-likeness (QED) is 0.0577. The van der Waals surface area contributed by atoms with Gasteiger partial charge in [-0.1, -0.05) is 54.6 Å². The number of benzene rings is 3. The van der Waals surface area contributed by atoms with Gasteiger partial charge >= 0.3 is 23.9 Å². The van der Waals surface area contributed by atoms with Crippen molar-refractivity contribution in [2.45, 2.75) is 19.0 Å². The zero-order chi connectivity index (χ0) is 38.9. The van der Waals surface area contributed by atoms with Crippen molar-refractivity contribution in [3.05, 3.63) is 83.4 Å². The molecule has 53 heavy (non-hydrogen) atoms. The summed E-state index contributed by atoms with van der Waals surface area (Å²) in [6.45, 7) is -2.62. The molecule has 18 heteroatoms. The van der Waals surface area contributed by atoms with Crippen molar-refractivity contribution in [3.8, 4) is 0 Å². The van der Waals surface area contributed by atoms with Gasteiger partial charge in [-0.15, -0.1) is 0 Å². The molecule has 1 atom stereocenters. The summed E-state index contributed by atoms with van der Waals surface area (Å²) in [7, 11) is 0. The average molecular weight is 738 g/mol. The zero-order valence-electron chi connectivity index (χ0n) is 28.8. The maximum atomic E-state index is 12.9. The molecule has 9 N–H and O–H groups in total. The van der Waals surface area contributed by atoms with E-state index >= 15 is 0 Å². The summed E-state index contributed by atoms with van der Waals surface area (Å²) >= 11 is 0. The molecule has 0 aromatic heterocycles. The molecule has 0 bridgehead atoms. The molecule has 0 aliphatic rings. The first-order chi connectivity index (χ1) is 25.2. The predicted molar refractivity (Wildman–Crippen MR) is 189 cm³/mol. The summed E-state index contributed by atoms with van der Waals surface area (Å²) < 4.78 is 0. The third kappa shape index (κ3) is 15.4. The van der Waals surface area contributed by atoms with Crippen molar-refractivity contribution < 1.29 is 54.0 Å². The molecule has 0 saturated heterocycles. The minimum absolute atomic E-state index is 0.0106. The Hall–Kier alpha value is -5.95. The molecule has 0 radical (unpaired) electrons. The number of fused-ring (bicyclic) bond motifs is 1. The third-order valence-corrected chi connectivity index (χ3v) is 7.88. The van der Waals surface area contributed by atoms with E-state index in [1.807, 2.05) is 42.5 Å². The van der Waals surface area contributed by atoms with Gasteiger partial charge in [-0.3, -0.25) is 59.1 Å². The number of amides is 3. The second kappa shape index (κ2) is 20.8. The van der Waals surface area contributed by atoms with Gasteiger partial charge in [0.2, 0.25) is 5.91 Å². The van der Waals surface area contributed by atoms with Crippen LogP contribution in [0.15, 0.2) is 66.7 Å². The first-order valence-electron chi connectivity index (χ1n) is 16.4.